The van der Waals surface area contributed by atoms with Crippen molar-refractivity contribution in [3.8, 4) is 0 Å². The van der Waals surface area contributed by atoms with Crippen LogP contribution in [-0.4, -0.2) is 17.8 Å². The Labute approximate surface area is 115 Å². The van der Waals surface area contributed by atoms with E-state index in [0.29, 0.717) is 5.56 Å². The molecule has 106 valence electrons. The van der Waals surface area contributed by atoms with Gasteiger partial charge in [-0.3, -0.25) is 14.9 Å². The Balaban J connectivity index is 2.43. The van der Waals surface area contributed by atoms with Crippen molar-refractivity contribution in [2.24, 2.45) is 11.8 Å². The van der Waals surface area contributed by atoms with Gasteiger partial charge in [-0.05, 0) is 30.5 Å². The van der Waals surface area contributed by atoms with E-state index in [9.17, 15) is 18.8 Å². The van der Waals surface area contributed by atoms with Gasteiger partial charge in [0.05, 0.1) is 5.69 Å². The summed E-state index contributed by atoms with van der Waals surface area (Å²) in [5.41, 5.74) is 0.531. The van der Waals surface area contributed by atoms with Crippen molar-refractivity contribution in [2.45, 2.75) is 20.8 Å². The van der Waals surface area contributed by atoms with Gasteiger partial charge in [-0.15, -0.1) is 0 Å². The first kappa shape index (κ1) is 14.2. The normalized spacial score (nSPS) is 19.6. The Kier molecular flexibility index (Phi) is 3.57. The summed E-state index contributed by atoms with van der Waals surface area (Å²) < 4.78 is 13.6. The fraction of sp³-hybridized carbons (Fsp3) is 0.357. The number of benzene rings is 1. The predicted octanol–water partition coefficient (Wildman–Crippen LogP) is 1.99. The van der Waals surface area contributed by atoms with Crippen LogP contribution in [0.4, 0.5) is 14.9 Å². The minimum absolute atomic E-state index is 0.119. The second-order valence-electron chi connectivity index (χ2n) is 5.12. The lowest BCUT2D eigenvalue weighted by molar-refractivity contribution is -0.136. The zero-order valence-corrected chi connectivity index (χ0v) is 11.4. The minimum Gasteiger partial charge on any atom is -0.277 e. The molecule has 1 heterocycles. The van der Waals surface area contributed by atoms with Gasteiger partial charge in [0.15, 0.2) is 0 Å². The molecule has 1 unspecified atom stereocenters. The Morgan fingerprint density at radius 2 is 1.90 bits per heavy atom. The van der Waals surface area contributed by atoms with Crippen LogP contribution in [0.1, 0.15) is 19.4 Å². The number of halogens is 1. The number of hydrogen-bond acceptors (Lipinski definition) is 3. The molecule has 0 radical (unpaired) electrons. The first-order valence-electron chi connectivity index (χ1n) is 6.28. The molecule has 1 aliphatic rings. The molecule has 2 rings (SSSR count). The van der Waals surface area contributed by atoms with E-state index in [0.717, 1.165) is 11.0 Å². The summed E-state index contributed by atoms with van der Waals surface area (Å²) >= 11 is 0. The van der Waals surface area contributed by atoms with Crippen molar-refractivity contribution in [1.29, 1.82) is 0 Å². The van der Waals surface area contributed by atoms with Gasteiger partial charge in [-0.1, -0.05) is 19.9 Å². The quantitative estimate of drug-likeness (QED) is 0.841. The lowest BCUT2D eigenvalue weighted by Gasteiger charge is -2.31. The molecule has 20 heavy (non-hydrogen) atoms. The highest BCUT2D eigenvalue weighted by Gasteiger charge is 2.42. The number of aryl methyl sites for hydroxylation is 1. The zero-order chi connectivity index (χ0) is 15.0. The van der Waals surface area contributed by atoms with Crippen molar-refractivity contribution >= 4 is 23.5 Å². The van der Waals surface area contributed by atoms with Crippen LogP contribution in [0.2, 0.25) is 0 Å². The maximum absolute atomic E-state index is 13.6. The van der Waals surface area contributed by atoms with Crippen LogP contribution >= 0.6 is 0 Å². The summed E-state index contributed by atoms with van der Waals surface area (Å²) in [6.07, 6.45) is 0. The Hall–Kier alpha value is -2.24. The highest BCUT2D eigenvalue weighted by Crippen LogP contribution is 2.25. The molecular weight excluding hydrogens is 263 g/mol. The highest BCUT2D eigenvalue weighted by atomic mass is 19.1. The topological polar surface area (TPSA) is 66.5 Å². The first-order valence-corrected chi connectivity index (χ1v) is 6.28. The summed E-state index contributed by atoms with van der Waals surface area (Å²) in [5.74, 6) is -2.96. The van der Waals surface area contributed by atoms with Gasteiger partial charge >= 0.3 is 6.03 Å². The highest BCUT2D eigenvalue weighted by molar-refractivity contribution is 6.27. The third-order valence-corrected chi connectivity index (χ3v) is 3.28. The third-order valence-electron chi connectivity index (χ3n) is 3.28. The SMILES string of the molecule is Cc1ccc(N2C(=O)NC(=O)C(C(C)C)C2=O)cc1F. The fourth-order valence-electron chi connectivity index (χ4n) is 2.14. The number of amides is 4. The van der Waals surface area contributed by atoms with Gasteiger partial charge in [-0.25, -0.2) is 14.1 Å². The summed E-state index contributed by atoms with van der Waals surface area (Å²) in [7, 11) is 0. The molecule has 1 aromatic carbocycles. The number of rotatable bonds is 2. The molecular formula is C14H15FN2O3. The lowest BCUT2D eigenvalue weighted by atomic mass is 9.92. The van der Waals surface area contributed by atoms with E-state index in [-0.39, 0.29) is 11.6 Å². The van der Waals surface area contributed by atoms with Crippen molar-refractivity contribution in [1.82, 2.24) is 5.32 Å². The van der Waals surface area contributed by atoms with Crippen LogP contribution in [0.3, 0.4) is 0 Å². The van der Waals surface area contributed by atoms with Crippen molar-refractivity contribution < 1.29 is 18.8 Å². The minimum atomic E-state index is -0.947. The van der Waals surface area contributed by atoms with Crippen molar-refractivity contribution in [3.05, 3.63) is 29.6 Å². The Morgan fingerprint density at radius 3 is 2.45 bits per heavy atom. The van der Waals surface area contributed by atoms with Gasteiger partial charge < -0.3 is 0 Å². The van der Waals surface area contributed by atoms with Crippen LogP contribution in [0, 0.1) is 24.6 Å². The number of imide groups is 2. The van der Waals surface area contributed by atoms with Gasteiger partial charge in [0.2, 0.25) is 11.8 Å². The van der Waals surface area contributed by atoms with Crippen molar-refractivity contribution in [2.75, 3.05) is 4.90 Å². The molecule has 1 aliphatic heterocycles. The largest absolute Gasteiger partial charge is 0.335 e. The molecule has 1 aromatic rings. The monoisotopic (exact) mass is 278 g/mol. The Morgan fingerprint density at radius 1 is 1.25 bits per heavy atom. The van der Waals surface area contributed by atoms with Crippen molar-refractivity contribution in [3.63, 3.8) is 0 Å². The third kappa shape index (κ3) is 2.29. The van der Waals surface area contributed by atoms with Gasteiger partial charge in [-0.2, -0.15) is 0 Å². The summed E-state index contributed by atoms with van der Waals surface area (Å²) in [6.45, 7) is 5.01. The predicted molar refractivity (Wildman–Crippen MR) is 70.5 cm³/mol. The zero-order valence-electron chi connectivity index (χ0n) is 11.4. The number of urea groups is 1. The molecule has 1 fully saturated rings. The molecule has 4 amide bonds. The van der Waals surface area contributed by atoms with Gasteiger partial charge in [0.1, 0.15) is 11.7 Å². The summed E-state index contributed by atoms with van der Waals surface area (Å²) in [4.78, 5) is 36.7. The number of anilines is 1. The molecule has 6 heteroatoms. The summed E-state index contributed by atoms with van der Waals surface area (Å²) in [5, 5.41) is 2.13. The molecule has 0 bridgehead atoms. The van der Waals surface area contributed by atoms with Crippen LogP contribution < -0.4 is 10.2 Å². The second kappa shape index (κ2) is 5.03. The fourth-order valence-corrected chi connectivity index (χ4v) is 2.14. The number of carbonyl (C=O) groups is 3. The first-order chi connectivity index (χ1) is 9.32. The lowest BCUT2D eigenvalue weighted by Crippen LogP contribution is -2.59. The van der Waals surface area contributed by atoms with Crippen LogP contribution in [0.25, 0.3) is 0 Å². The number of barbiturate groups is 1. The average Bonchev–Trinajstić information content (AvgIpc) is 2.32. The standard InChI is InChI=1S/C14H15FN2O3/c1-7(2)11-12(18)16-14(20)17(13(11)19)9-5-4-8(3)10(15)6-9/h4-7,11H,1-3H3,(H,16,18,20). The number of nitrogens with one attached hydrogen (secondary N) is 1. The smallest absolute Gasteiger partial charge is 0.277 e. The number of hydrogen-bond donors (Lipinski definition) is 1. The van der Waals surface area contributed by atoms with Crippen LogP contribution in [0.15, 0.2) is 18.2 Å². The van der Waals surface area contributed by atoms with E-state index in [1.807, 2.05) is 0 Å². The molecule has 0 saturated carbocycles. The number of carbonyl (C=O) groups excluding carboxylic acids is 3. The molecule has 5 nitrogen and oxygen atoms in total. The molecule has 0 aromatic heterocycles. The molecule has 0 spiro atoms. The molecule has 1 atom stereocenters. The van der Waals surface area contributed by atoms with E-state index < -0.39 is 29.6 Å². The number of nitrogens with zero attached hydrogens (tertiary/aromatic N) is 1. The van der Waals surface area contributed by atoms with E-state index in [1.165, 1.54) is 12.1 Å². The van der Waals surface area contributed by atoms with Gasteiger partial charge in [0, 0.05) is 0 Å². The van der Waals surface area contributed by atoms with Crippen LogP contribution in [-0.2, 0) is 9.59 Å². The average molecular weight is 278 g/mol. The second-order valence-corrected chi connectivity index (χ2v) is 5.12. The molecule has 0 aliphatic carbocycles. The van der Waals surface area contributed by atoms with Crippen LogP contribution in [0.5, 0.6) is 0 Å². The summed E-state index contributed by atoms with van der Waals surface area (Å²) in [6, 6.07) is 3.22. The van der Waals surface area contributed by atoms with E-state index in [1.54, 1.807) is 20.8 Å². The maximum atomic E-state index is 13.6. The Bertz CT molecular complexity index is 598. The van der Waals surface area contributed by atoms with E-state index >= 15 is 0 Å². The molecule has 1 N–H and O–H groups in total. The maximum Gasteiger partial charge on any atom is 0.335 e. The van der Waals surface area contributed by atoms with E-state index in [4.69, 9.17) is 0 Å². The molecule has 1 saturated heterocycles. The van der Waals surface area contributed by atoms with E-state index in [2.05, 4.69) is 5.32 Å². The van der Waals surface area contributed by atoms with Gasteiger partial charge in [0.25, 0.3) is 0 Å².